The molecular formula is C26H26ClFN6O3. The van der Waals surface area contributed by atoms with E-state index < -0.39 is 11.9 Å². The molecule has 9 nitrogen and oxygen atoms in total. The van der Waals surface area contributed by atoms with E-state index >= 15 is 4.39 Å². The number of morpholine rings is 1. The van der Waals surface area contributed by atoms with Crippen LogP contribution in [0.2, 0.25) is 5.02 Å². The predicted molar refractivity (Wildman–Crippen MR) is 139 cm³/mol. The molecule has 0 aliphatic carbocycles. The first-order valence-corrected chi connectivity index (χ1v) is 12.3. The van der Waals surface area contributed by atoms with Gasteiger partial charge in [-0.15, -0.1) is 0 Å². The van der Waals surface area contributed by atoms with E-state index in [1.807, 2.05) is 18.2 Å². The number of anilines is 1. The Morgan fingerprint density at radius 3 is 2.73 bits per heavy atom. The minimum Gasteiger partial charge on any atom is -0.378 e. The summed E-state index contributed by atoms with van der Waals surface area (Å²) in [4.78, 5) is 23.2. The van der Waals surface area contributed by atoms with Crippen molar-refractivity contribution in [1.82, 2.24) is 19.7 Å². The van der Waals surface area contributed by atoms with Crippen LogP contribution in [0, 0.1) is 5.82 Å². The van der Waals surface area contributed by atoms with Crippen molar-refractivity contribution in [2.24, 2.45) is 5.73 Å². The third-order valence-electron chi connectivity index (χ3n) is 6.35. The first kappa shape index (κ1) is 25.2. The predicted octanol–water partition coefficient (Wildman–Crippen LogP) is 3.18. The second kappa shape index (κ2) is 10.9. The number of benzene rings is 2. The molecule has 0 amide bonds. The van der Waals surface area contributed by atoms with Crippen molar-refractivity contribution in [1.29, 1.82) is 0 Å². The molecule has 0 spiro atoms. The molecule has 2 aromatic carbocycles. The lowest BCUT2D eigenvalue weighted by molar-refractivity contribution is 0.122. The Morgan fingerprint density at radius 1 is 1.16 bits per heavy atom. The minimum absolute atomic E-state index is 0.166. The minimum atomic E-state index is -0.752. The van der Waals surface area contributed by atoms with Crippen molar-refractivity contribution in [3.05, 3.63) is 81.2 Å². The van der Waals surface area contributed by atoms with Gasteiger partial charge in [0.15, 0.2) is 0 Å². The standard InChI is InChI=1S/C26H26ClFN6O3/c1-36-26(22-4-5-24(35)34(32-22)7-6-29)18-13-19(21(28)14-20(18)27)25-17-3-2-16(12-23(17)30-15-31-25)33-8-10-37-11-9-33/h2-5,12-15,26H,6-11,29H2,1H3. The van der Waals surface area contributed by atoms with Crippen LogP contribution in [0.4, 0.5) is 10.1 Å². The van der Waals surface area contributed by atoms with Gasteiger partial charge in [0, 0.05) is 60.0 Å². The van der Waals surface area contributed by atoms with Crippen molar-refractivity contribution in [2.75, 3.05) is 44.9 Å². The van der Waals surface area contributed by atoms with Gasteiger partial charge in [-0.05, 0) is 36.4 Å². The van der Waals surface area contributed by atoms with E-state index in [0.717, 1.165) is 18.8 Å². The normalized spacial score (nSPS) is 14.8. The quantitative estimate of drug-likeness (QED) is 0.393. The average molecular weight is 525 g/mol. The van der Waals surface area contributed by atoms with Crippen molar-refractivity contribution in [2.45, 2.75) is 12.6 Å². The zero-order chi connectivity index (χ0) is 25.9. The second-order valence-electron chi connectivity index (χ2n) is 8.60. The van der Waals surface area contributed by atoms with Gasteiger partial charge >= 0.3 is 0 Å². The van der Waals surface area contributed by atoms with Gasteiger partial charge in [-0.2, -0.15) is 5.10 Å². The first-order valence-electron chi connectivity index (χ1n) is 11.9. The maximum Gasteiger partial charge on any atom is 0.266 e. The van der Waals surface area contributed by atoms with Crippen molar-refractivity contribution < 1.29 is 13.9 Å². The number of rotatable bonds is 7. The molecule has 1 saturated heterocycles. The van der Waals surface area contributed by atoms with Crippen LogP contribution >= 0.6 is 11.6 Å². The molecule has 11 heteroatoms. The molecule has 3 heterocycles. The van der Waals surface area contributed by atoms with Crippen LogP contribution in [0.25, 0.3) is 22.2 Å². The highest BCUT2D eigenvalue weighted by Crippen LogP contribution is 2.37. The highest BCUT2D eigenvalue weighted by Gasteiger charge is 2.23. The van der Waals surface area contributed by atoms with E-state index in [1.165, 1.54) is 30.3 Å². The number of halogens is 2. The Kier molecular flexibility index (Phi) is 7.43. The highest BCUT2D eigenvalue weighted by atomic mass is 35.5. The summed E-state index contributed by atoms with van der Waals surface area (Å²) in [7, 11) is 1.50. The van der Waals surface area contributed by atoms with E-state index in [4.69, 9.17) is 26.8 Å². The van der Waals surface area contributed by atoms with E-state index in [0.29, 0.717) is 41.1 Å². The number of fused-ring (bicyclic) bond motifs is 1. The van der Waals surface area contributed by atoms with Gasteiger partial charge in [-0.1, -0.05) is 11.6 Å². The maximum absolute atomic E-state index is 15.3. The van der Waals surface area contributed by atoms with Gasteiger partial charge in [0.25, 0.3) is 5.56 Å². The smallest absolute Gasteiger partial charge is 0.266 e. The molecule has 0 bridgehead atoms. The van der Waals surface area contributed by atoms with Gasteiger partial charge < -0.3 is 20.1 Å². The largest absolute Gasteiger partial charge is 0.378 e. The molecular weight excluding hydrogens is 499 g/mol. The first-order chi connectivity index (χ1) is 18.0. The van der Waals surface area contributed by atoms with Crippen LogP contribution in [0.1, 0.15) is 17.4 Å². The number of aromatic nitrogens is 4. The molecule has 1 fully saturated rings. The summed E-state index contributed by atoms with van der Waals surface area (Å²) in [5.74, 6) is -0.526. The third kappa shape index (κ3) is 5.05. The van der Waals surface area contributed by atoms with Crippen LogP contribution in [0.3, 0.4) is 0 Å². The number of hydrogen-bond donors (Lipinski definition) is 1. The van der Waals surface area contributed by atoms with Crippen LogP contribution in [0.15, 0.2) is 53.6 Å². The fourth-order valence-electron chi connectivity index (χ4n) is 4.52. The highest BCUT2D eigenvalue weighted by molar-refractivity contribution is 6.31. The third-order valence-corrected chi connectivity index (χ3v) is 6.68. The number of nitrogens with two attached hydrogens (primary N) is 1. The van der Waals surface area contributed by atoms with Crippen molar-refractivity contribution >= 4 is 28.2 Å². The fourth-order valence-corrected chi connectivity index (χ4v) is 4.77. The number of methoxy groups -OCH3 is 1. The topological polar surface area (TPSA) is 108 Å². The molecule has 1 aliphatic heterocycles. The molecule has 0 saturated carbocycles. The summed E-state index contributed by atoms with van der Waals surface area (Å²) in [6.07, 6.45) is 0.671. The molecule has 1 atom stereocenters. The molecule has 5 rings (SSSR count). The number of nitrogens with zero attached hydrogens (tertiary/aromatic N) is 5. The van der Waals surface area contributed by atoms with Gasteiger partial charge in [-0.3, -0.25) is 4.79 Å². The van der Waals surface area contributed by atoms with Crippen LogP contribution in [-0.2, 0) is 16.0 Å². The Hall–Kier alpha value is -3.44. The van der Waals surface area contributed by atoms with Crippen molar-refractivity contribution in [3.8, 4) is 11.3 Å². The number of ether oxygens (including phenoxy) is 2. The zero-order valence-electron chi connectivity index (χ0n) is 20.2. The van der Waals surface area contributed by atoms with Gasteiger partial charge in [0.2, 0.25) is 0 Å². The molecule has 4 aromatic rings. The average Bonchev–Trinajstić information content (AvgIpc) is 2.92. The lowest BCUT2D eigenvalue weighted by Gasteiger charge is -2.29. The van der Waals surface area contributed by atoms with Crippen molar-refractivity contribution in [3.63, 3.8) is 0 Å². The molecule has 1 unspecified atom stereocenters. The van der Waals surface area contributed by atoms with E-state index in [9.17, 15) is 4.79 Å². The monoisotopic (exact) mass is 524 g/mol. The molecule has 1 aliphatic rings. The zero-order valence-corrected chi connectivity index (χ0v) is 21.0. The summed E-state index contributed by atoms with van der Waals surface area (Å²) in [6.45, 7) is 3.44. The lowest BCUT2D eigenvalue weighted by atomic mass is 9.99. The van der Waals surface area contributed by atoms with Gasteiger partial charge in [0.05, 0.1) is 36.7 Å². The molecule has 0 radical (unpaired) electrons. The van der Waals surface area contributed by atoms with Crippen LogP contribution in [0.5, 0.6) is 0 Å². The lowest BCUT2D eigenvalue weighted by Crippen LogP contribution is -2.36. The Balaban J connectivity index is 1.58. The van der Waals surface area contributed by atoms with Gasteiger partial charge in [0.1, 0.15) is 18.2 Å². The fraction of sp³-hybridized carbons (Fsp3) is 0.308. The molecule has 2 aromatic heterocycles. The van der Waals surface area contributed by atoms with E-state index in [-0.39, 0.29) is 29.2 Å². The van der Waals surface area contributed by atoms with Crippen LogP contribution < -0.4 is 16.2 Å². The molecule has 37 heavy (non-hydrogen) atoms. The molecule has 2 N–H and O–H groups in total. The van der Waals surface area contributed by atoms with E-state index in [1.54, 1.807) is 12.1 Å². The Bertz CT molecular complexity index is 1490. The summed E-state index contributed by atoms with van der Waals surface area (Å²) < 4.78 is 27.7. The summed E-state index contributed by atoms with van der Waals surface area (Å²) in [5, 5.41) is 5.26. The summed E-state index contributed by atoms with van der Waals surface area (Å²) in [6, 6.07) is 11.7. The van der Waals surface area contributed by atoms with E-state index in [2.05, 4.69) is 20.0 Å². The summed E-state index contributed by atoms with van der Waals surface area (Å²) >= 11 is 6.48. The Labute approximate surface area is 217 Å². The maximum atomic E-state index is 15.3. The summed E-state index contributed by atoms with van der Waals surface area (Å²) in [5.41, 5.74) is 8.67. The van der Waals surface area contributed by atoms with Crippen LogP contribution in [-0.4, -0.2) is 59.7 Å². The number of hydrogen-bond acceptors (Lipinski definition) is 8. The van der Waals surface area contributed by atoms with Gasteiger partial charge in [-0.25, -0.2) is 19.0 Å². The Morgan fingerprint density at radius 2 is 1.97 bits per heavy atom. The SMILES string of the molecule is COC(c1ccc(=O)n(CCN)n1)c1cc(-c2ncnc3cc(N4CCOCC4)ccc23)c(F)cc1Cl. The second-order valence-corrected chi connectivity index (χ2v) is 9.01. The molecule has 192 valence electrons.